The van der Waals surface area contributed by atoms with E-state index in [4.69, 9.17) is 5.11 Å². The van der Waals surface area contributed by atoms with Crippen molar-refractivity contribution < 1.29 is 13.9 Å². The van der Waals surface area contributed by atoms with Gasteiger partial charge in [0.05, 0.1) is 6.10 Å². The molecule has 1 N–H and O–H groups in total. The van der Waals surface area contributed by atoms with E-state index >= 15 is 0 Å². The Bertz CT molecular complexity index is 117. The quantitative estimate of drug-likeness (QED) is 0.618. The Balaban J connectivity index is 3.43. The van der Waals surface area contributed by atoms with Crippen molar-refractivity contribution in [1.29, 1.82) is 0 Å². The largest absolute Gasteiger partial charge is 0.390 e. The molecule has 3 unspecified atom stereocenters. The Hall–Kier alpha value is -0.180. The monoisotopic (exact) mass is 194 g/mol. The molecule has 0 rings (SSSR count). The second-order valence-corrected chi connectivity index (χ2v) is 3.59. The zero-order valence-electron chi connectivity index (χ0n) is 8.47. The second-order valence-electron chi connectivity index (χ2n) is 3.59. The summed E-state index contributed by atoms with van der Waals surface area (Å²) in [5, 5.41) is 8.80. The summed E-state index contributed by atoms with van der Waals surface area (Å²) < 4.78 is 25.8. The van der Waals surface area contributed by atoms with Gasteiger partial charge in [-0.3, -0.25) is 0 Å². The summed E-state index contributed by atoms with van der Waals surface area (Å²) in [6, 6.07) is 0. The number of alkyl halides is 2. The molecule has 0 aromatic rings. The van der Waals surface area contributed by atoms with Crippen molar-refractivity contribution in [2.75, 3.05) is 0 Å². The van der Waals surface area contributed by atoms with Crippen molar-refractivity contribution in [2.45, 2.75) is 64.4 Å². The first-order valence-electron chi connectivity index (χ1n) is 5.04. The van der Waals surface area contributed by atoms with Crippen LogP contribution in [0.4, 0.5) is 8.78 Å². The normalized spacial score (nSPS) is 18.2. The maximum absolute atomic E-state index is 13.0. The lowest BCUT2D eigenvalue weighted by Gasteiger charge is -2.13. The summed E-state index contributed by atoms with van der Waals surface area (Å²) in [4.78, 5) is 0. The molecule has 3 heteroatoms. The van der Waals surface area contributed by atoms with Gasteiger partial charge < -0.3 is 5.11 Å². The van der Waals surface area contributed by atoms with E-state index < -0.39 is 18.4 Å². The molecule has 80 valence electrons. The SMILES string of the molecule is CCCCCC(F)CC(F)C(C)O. The molecule has 0 aliphatic rings. The third-order valence-corrected chi connectivity index (χ3v) is 2.13. The lowest BCUT2D eigenvalue weighted by molar-refractivity contribution is 0.0680. The molecule has 0 bridgehead atoms. The Morgan fingerprint density at radius 2 is 1.85 bits per heavy atom. The van der Waals surface area contributed by atoms with Gasteiger partial charge in [0.15, 0.2) is 0 Å². The first kappa shape index (κ1) is 12.8. The molecule has 0 aromatic heterocycles. The van der Waals surface area contributed by atoms with Crippen molar-refractivity contribution in [2.24, 2.45) is 0 Å². The molecule has 0 amide bonds. The van der Waals surface area contributed by atoms with Gasteiger partial charge >= 0.3 is 0 Å². The molecule has 0 aliphatic heterocycles. The molecule has 13 heavy (non-hydrogen) atoms. The fourth-order valence-electron chi connectivity index (χ4n) is 1.17. The molecule has 0 aromatic carbocycles. The minimum atomic E-state index is -1.42. The van der Waals surface area contributed by atoms with Crippen LogP contribution in [0.5, 0.6) is 0 Å². The third-order valence-electron chi connectivity index (χ3n) is 2.13. The highest BCUT2D eigenvalue weighted by Gasteiger charge is 2.18. The summed E-state index contributed by atoms with van der Waals surface area (Å²) >= 11 is 0. The zero-order valence-corrected chi connectivity index (χ0v) is 8.47. The van der Waals surface area contributed by atoms with Crippen LogP contribution in [0.25, 0.3) is 0 Å². The number of aliphatic hydroxyl groups excluding tert-OH is 1. The Morgan fingerprint density at radius 1 is 1.23 bits per heavy atom. The van der Waals surface area contributed by atoms with Gasteiger partial charge in [-0.25, -0.2) is 8.78 Å². The number of aliphatic hydroxyl groups is 1. The van der Waals surface area contributed by atoms with Crippen LogP contribution in [0.1, 0.15) is 46.0 Å². The summed E-state index contributed by atoms with van der Waals surface area (Å²) in [5.74, 6) is 0. The second kappa shape index (κ2) is 7.25. The van der Waals surface area contributed by atoms with Crippen LogP contribution < -0.4 is 0 Å². The topological polar surface area (TPSA) is 20.2 Å². The predicted octanol–water partition coefficient (Wildman–Crippen LogP) is 3.01. The minimum absolute atomic E-state index is 0.165. The van der Waals surface area contributed by atoms with Crippen LogP contribution in [-0.2, 0) is 0 Å². The van der Waals surface area contributed by atoms with E-state index in [-0.39, 0.29) is 6.42 Å². The van der Waals surface area contributed by atoms with Gasteiger partial charge in [-0.1, -0.05) is 26.2 Å². The molecule has 0 heterocycles. The van der Waals surface area contributed by atoms with E-state index in [1.807, 2.05) is 6.92 Å². The highest BCUT2D eigenvalue weighted by atomic mass is 19.1. The minimum Gasteiger partial charge on any atom is -0.390 e. The fraction of sp³-hybridized carbons (Fsp3) is 1.00. The first-order chi connectivity index (χ1) is 6.07. The molecule has 1 nitrogen and oxygen atoms in total. The van der Waals surface area contributed by atoms with Crippen LogP contribution >= 0.6 is 0 Å². The number of hydrogen-bond acceptors (Lipinski definition) is 1. The van der Waals surface area contributed by atoms with Gasteiger partial charge in [-0.2, -0.15) is 0 Å². The lowest BCUT2D eigenvalue weighted by atomic mass is 10.0. The summed E-state index contributed by atoms with van der Waals surface area (Å²) in [5.41, 5.74) is 0. The smallest absolute Gasteiger partial charge is 0.128 e. The first-order valence-corrected chi connectivity index (χ1v) is 5.04. The fourth-order valence-corrected chi connectivity index (χ4v) is 1.17. The molecule has 0 saturated carbocycles. The molecule has 0 fully saturated rings. The van der Waals surface area contributed by atoms with Gasteiger partial charge in [0, 0.05) is 6.42 Å². The van der Waals surface area contributed by atoms with E-state index in [9.17, 15) is 8.78 Å². The lowest BCUT2D eigenvalue weighted by Crippen LogP contribution is -2.22. The van der Waals surface area contributed by atoms with Crippen LogP contribution in [0.15, 0.2) is 0 Å². The molecule has 0 radical (unpaired) electrons. The molecular formula is C10H20F2O. The Morgan fingerprint density at radius 3 is 2.31 bits per heavy atom. The average molecular weight is 194 g/mol. The standard InChI is InChI=1S/C10H20F2O/c1-3-4-5-6-9(11)7-10(12)8(2)13/h8-10,13H,3-7H2,1-2H3. The summed E-state index contributed by atoms with van der Waals surface area (Å²) in [6.07, 6.45) is -0.474. The van der Waals surface area contributed by atoms with Gasteiger partial charge in [-0.05, 0) is 13.3 Å². The van der Waals surface area contributed by atoms with E-state index in [2.05, 4.69) is 0 Å². The van der Waals surface area contributed by atoms with E-state index in [0.717, 1.165) is 19.3 Å². The van der Waals surface area contributed by atoms with Gasteiger partial charge in [-0.15, -0.1) is 0 Å². The van der Waals surface area contributed by atoms with Crippen LogP contribution in [0.3, 0.4) is 0 Å². The van der Waals surface area contributed by atoms with Crippen molar-refractivity contribution in [1.82, 2.24) is 0 Å². The molecule has 0 spiro atoms. The van der Waals surface area contributed by atoms with Crippen LogP contribution in [0, 0.1) is 0 Å². The summed E-state index contributed by atoms with van der Waals surface area (Å²) in [7, 11) is 0. The zero-order chi connectivity index (χ0) is 10.3. The predicted molar refractivity (Wildman–Crippen MR) is 50.2 cm³/mol. The highest BCUT2D eigenvalue weighted by Crippen LogP contribution is 2.15. The number of unbranched alkanes of at least 4 members (excludes halogenated alkanes) is 2. The van der Waals surface area contributed by atoms with E-state index in [0.29, 0.717) is 6.42 Å². The average Bonchev–Trinajstić information content (AvgIpc) is 2.04. The number of rotatable bonds is 7. The number of hydrogen-bond donors (Lipinski definition) is 1. The third kappa shape index (κ3) is 6.94. The molecular weight excluding hydrogens is 174 g/mol. The van der Waals surface area contributed by atoms with Crippen molar-refractivity contribution in [3.8, 4) is 0 Å². The van der Waals surface area contributed by atoms with Gasteiger partial charge in [0.2, 0.25) is 0 Å². The van der Waals surface area contributed by atoms with E-state index in [1.165, 1.54) is 6.92 Å². The van der Waals surface area contributed by atoms with Gasteiger partial charge in [0.25, 0.3) is 0 Å². The highest BCUT2D eigenvalue weighted by molar-refractivity contribution is 4.68. The summed E-state index contributed by atoms with van der Waals surface area (Å²) in [6.45, 7) is 3.39. The molecule has 0 aliphatic carbocycles. The Labute approximate surface area is 79.1 Å². The van der Waals surface area contributed by atoms with Crippen LogP contribution in [-0.4, -0.2) is 23.6 Å². The van der Waals surface area contributed by atoms with Crippen LogP contribution in [0.2, 0.25) is 0 Å². The van der Waals surface area contributed by atoms with E-state index in [1.54, 1.807) is 0 Å². The maximum atomic E-state index is 13.0. The van der Waals surface area contributed by atoms with Gasteiger partial charge in [0.1, 0.15) is 12.3 Å². The molecule has 3 atom stereocenters. The maximum Gasteiger partial charge on any atom is 0.128 e. The Kier molecular flexibility index (Phi) is 7.14. The van der Waals surface area contributed by atoms with Crippen molar-refractivity contribution in [3.63, 3.8) is 0 Å². The number of halogens is 2. The van der Waals surface area contributed by atoms with Crippen molar-refractivity contribution in [3.05, 3.63) is 0 Å². The van der Waals surface area contributed by atoms with Crippen molar-refractivity contribution >= 4 is 0 Å². The molecule has 0 saturated heterocycles.